The normalized spacial score (nSPS) is 18.5. The Bertz CT molecular complexity index is 651. The first kappa shape index (κ1) is 13.5. The molecule has 2 unspecified atom stereocenters. The Morgan fingerprint density at radius 2 is 2.05 bits per heavy atom. The maximum absolute atomic E-state index is 10.5. The van der Waals surface area contributed by atoms with Crippen LogP contribution in [0.1, 0.15) is 35.3 Å². The van der Waals surface area contributed by atoms with Gasteiger partial charge in [0.2, 0.25) is 0 Å². The van der Waals surface area contributed by atoms with E-state index in [1.165, 1.54) is 0 Å². The molecule has 1 aliphatic heterocycles. The average Bonchev–Trinajstić information content (AvgIpc) is 2.77. The lowest BCUT2D eigenvalue weighted by atomic mass is 9.97. The SMILES string of the molecule is Cc1ccc(C(O)c2ccc3c(c2)CC(C)O3)c(Cl)c1. The number of fused-ring (bicyclic) bond motifs is 1. The summed E-state index contributed by atoms with van der Waals surface area (Å²) in [5.74, 6) is 0.920. The maximum Gasteiger partial charge on any atom is 0.123 e. The van der Waals surface area contributed by atoms with Crippen LogP contribution >= 0.6 is 11.6 Å². The average molecular weight is 289 g/mol. The molecule has 0 radical (unpaired) electrons. The first-order chi connectivity index (χ1) is 9.54. The van der Waals surface area contributed by atoms with Crippen molar-refractivity contribution in [3.8, 4) is 5.75 Å². The van der Waals surface area contributed by atoms with Crippen molar-refractivity contribution in [2.45, 2.75) is 32.5 Å². The van der Waals surface area contributed by atoms with E-state index in [1.807, 2.05) is 50.2 Å². The summed E-state index contributed by atoms with van der Waals surface area (Å²) in [5.41, 5.74) is 3.83. The molecule has 3 heteroatoms. The minimum absolute atomic E-state index is 0.209. The Kier molecular flexibility index (Phi) is 3.45. The molecule has 2 aromatic rings. The third-order valence-electron chi connectivity index (χ3n) is 3.69. The van der Waals surface area contributed by atoms with Gasteiger partial charge in [-0.3, -0.25) is 0 Å². The van der Waals surface area contributed by atoms with Crippen LogP contribution in [0.3, 0.4) is 0 Å². The van der Waals surface area contributed by atoms with Gasteiger partial charge in [0.1, 0.15) is 18.0 Å². The van der Waals surface area contributed by atoms with Crippen LogP contribution in [-0.4, -0.2) is 11.2 Å². The lowest BCUT2D eigenvalue weighted by Gasteiger charge is -2.14. The Hall–Kier alpha value is -1.51. The molecule has 0 aliphatic carbocycles. The smallest absolute Gasteiger partial charge is 0.123 e. The number of halogens is 1. The van der Waals surface area contributed by atoms with E-state index < -0.39 is 6.10 Å². The molecule has 2 aromatic carbocycles. The molecule has 1 heterocycles. The number of hydrogen-bond acceptors (Lipinski definition) is 2. The van der Waals surface area contributed by atoms with Crippen LogP contribution in [0.15, 0.2) is 36.4 Å². The number of aliphatic hydroxyl groups excluding tert-OH is 1. The minimum Gasteiger partial charge on any atom is -0.490 e. The lowest BCUT2D eigenvalue weighted by molar-refractivity contribution is 0.220. The van der Waals surface area contributed by atoms with Crippen molar-refractivity contribution in [2.24, 2.45) is 0 Å². The molecule has 20 heavy (non-hydrogen) atoms. The zero-order valence-corrected chi connectivity index (χ0v) is 12.3. The number of benzene rings is 2. The molecule has 1 aliphatic rings. The van der Waals surface area contributed by atoms with Crippen molar-refractivity contribution < 1.29 is 9.84 Å². The molecule has 0 bridgehead atoms. The summed E-state index contributed by atoms with van der Waals surface area (Å²) in [4.78, 5) is 0. The van der Waals surface area contributed by atoms with Crippen molar-refractivity contribution in [3.63, 3.8) is 0 Å². The van der Waals surface area contributed by atoms with Gasteiger partial charge >= 0.3 is 0 Å². The van der Waals surface area contributed by atoms with Gasteiger partial charge < -0.3 is 9.84 Å². The highest BCUT2D eigenvalue weighted by Crippen LogP contribution is 2.34. The fourth-order valence-corrected chi connectivity index (χ4v) is 2.98. The van der Waals surface area contributed by atoms with Crippen LogP contribution in [0.4, 0.5) is 0 Å². The predicted molar refractivity (Wildman–Crippen MR) is 80.5 cm³/mol. The minimum atomic E-state index is -0.704. The lowest BCUT2D eigenvalue weighted by Crippen LogP contribution is -2.05. The number of aryl methyl sites for hydroxylation is 1. The molecule has 2 nitrogen and oxygen atoms in total. The van der Waals surface area contributed by atoms with Gasteiger partial charge in [-0.1, -0.05) is 29.8 Å². The van der Waals surface area contributed by atoms with E-state index in [1.54, 1.807) is 0 Å². The van der Waals surface area contributed by atoms with Crippen molar-refractivity contribution in [1.82, 2.24) is 0 Å². The van der Waals surface area contributed by atoms with Gasteiger partial charge in [0, 0.05) is 17.0 Å². The molecule has 0 amide bonds. The third kappa shape index (κ3) is 2.41. The Morgan fingerprint density at radius 1 is 1.25 bits per heavy atom. The van der Waals surface area contributed by atoms with Gasteiger partial charge in [0.15, 0.2) is 0 Å². The maximum atomic E-state index is 10.5. The molecule has 0 spiro atoms. The second kappa shape index (κ2) is 5.12. The van der Waals surface area contributed by atoms with Crippen LogP contribution in [0, 0.1) is 6.92 Å². The van der Waals surface area contributed by atoms with Crippen molar-refractivity contribution in [3.05, 3.63) is 63.7 Å². The van der Waals surface area contributed by atoms with Gasteiger partial charge in [0.25, 0.3) is 0 Å². The second-order valence-electron chi connectivity index (χ2n) is 5.43. The molecular weight excluding hydrogens is 272 g/mol. The summed E-state index contributed by atoms with van der Waals surface area (Å²) < 4.78 is 5.68. The highest BCUT2D eigenvalue weighted by Gasteiger charge is 2.21. The third-order valence-corrected chi connectivity index (χ3v) is 4.01. The number of ether oxygens (including phenoxy) is 1. The molecule has 3 rings (SSSR count). The standard InChI is InChI=1S/C17H17ClO2/c1-10-3-5-14(15(18)7-10)17(19)12-4-6-16-13(9-12)8-11(2)20-16/h3-7,9,11,17,19H,8H2,1-2H3. The number of aliphatic hydroxyl groups is 1. The highest BCUT2D eigenvalue weighted by molar-refractivity contribution is 6.31. The molecular formula is C17H17ClO2. The fourth-order valence-electron chi connectivity index (χ4n) is 2.65. The fraction of sp³-hybridized carbons (Fsp3) is 0.294. The highest BCUT2D eigenvalue weighted by atomic mass is 35.5. The van der Waals surface area contributed by atoms with Crippen molar-refractivity contribution in [1.29, 1.82) is 0 Å². The first-order valence-corrected chi connectivity index (χ1v) is 7.16. The van der Waals surface area contributed by atoms with E-state index in [4.69, 9.17) is 16.3 Å². The van der Waals surface area contributed by atoms with E-state index >= 15 is 0 Å². The van der Waals surface area contributed by atoms with Gasteiger partial charge in [-0.2, -0.15) is 0 Å². The number of hydrogen-bond donors (Lipinski definition) is 1. The van der Waals surface area contributed by atoms with Crippen LogP contribution < -0.4 is 4.74 Å². The summed E-state index contributed by atoms with van der Waals surface area (Å²) >= 11 is 6.23. The predicted octanol–water partition coefficient (Wildman–Crippen LogP) is 4.05. The summed E-state index contributed by atoms with van der Waals surface area (Å²) in [6.45, 7) is 4.03. The zero-order valence-electron chi connectivity index (χ0n) is 11.6. The Morgan fingerprint density at radius 3 is 2.80 bits per heavy atom. The second-order valence-corrected chi connectivity index (χ2v) is 5.83. The van der Waals surface area contributed by atoms with Crippen LogP contribution in [-0.2, 0) is 6.42 Å². The van der Waals surface area contributed by atoms with E-state index in [2.05, 4.69) is 0 Å². The van der Waals surface area contributed by atoms with Gasteiger partial charge in [0.05, 0.1) is 0 Å². The van der Waals surface area contributed by atoms with Gasteiger partial charge in [-0.25, -0.2) is 0 Å². The van der Waals surface area contributed by atoms with E-state index in [0.717, 1.165) is 34.4 Å². The quantitative estimate of drug-likeness (QED) is 0.903. The van der Waals surface area contributed by atoms with Crippen LogP contribution in [0.25, 0.3) is 0 Å². The van der Waals surface area contributed by atoms with Gasteiger partial charge in [-0.05, 0) is 48.7 Å². The Balaban J connectivity index is 1.95. The van der Waals surface area contributed by atoms with E-state index in [0.29, 0.717) is 5.02 Å². The first-order valence-electron chi connectivity index (χ1n) is 6.78. The largest absolute Gasteiger partial charge is 0.490 e. The van der Waals surface area contributed by atoms with E-state index in [9.17, 15) is 5.11 Å². The van der Waals surface area contributed by atoms with Crippen LogP contribution in [0.2, 0.25) is 5.02 Å². The molecule has 1 N–H and O–H groups in total. The summed E-state index contributed by atoms with van der Waals surface area (Å²) in [7, 11) is 0. The molecule has 0 saturated heterocycles. The number of rotatable bonds is 2. The molecule has 104 valence electrons. The summed E-state index contributed by atoms with van der Waals surface area (Å²) in [6, 6.07) is 11.6. The van der Waals surface area contributed by atoms with Gasteiger partial charge in [-0.15, -0.1) is 0 Å². The van der Waals surface area contributed by atoms with Crippen molar-refractivity contribution in [2.75, 3.05) is 0 Å². The molecule has 0 fully saturated rings. The Labute approximate surface area is 124 Å². The monoisotopic (exact) mass is 288 g/mol. The zero-order chi connectivity index (χ0) is 14.3. The summed E-state index contributed by atoms with van der Waals surface area (Å²) in [6.07, 6.45) is 0.391. The topological polar surface area (TPSA) is 29.5 Å². The van der Waals surface area contributed by atoms with Crippen molar-refractivity contribution >= 4 is 11.6 Å². The molecule has 2 atom stereocenters. The molecule has 0 aromatic heterocycles. The molecule has 0 saturated carbocycles. The summed E-state index contributed by atoms with van der Waals surface area (Å²) in [5, 5.41) is 11.1. The van der Waals surface area contributed by atoms with E-state index in [-0.39, 0.29) is 6.10 Å². The van der Waals surface area contributed by atoms with Crippen LogP contribution in [0.5, 0.6) is 5.75 Å².